The van der Waals surface area contributed by atoms with Crippen LogP contribution in [0.2, 0.25) is 5.02 Å². The van der Waals surface area contributed by atoms with Gasteiger partial charge in [0.1, 0.15) is 0 Å². The largest absolute Gasteiger partial charge is 0.326 e. The Hall–Kier alpha value is -2.42. The Morgan fingerprint density at radius 2 is 1.71 bits per heavy atom. The van der Waals surface area contributed by atoms with Gasteiger partial charge >= 0.3 is 5.69 Å². The summed E-state index contributed by atoms with van der Waals surface area (Å²) in [5, 5.41) is 0.647. The first-order valence-corrected chi connectivity index (χ1v) is 8.72. The van der Waals surface area contributed by atoms with Crippen LogP contribution in [0, 0.1) is 0 Å². The molecule has 9 heteroatoms. The van der Waals surface area contributed by atoms with Crippen molar-refractivity contribution >= 4 is 32.5 Å². The van der Waals surface area contributed by atoms with Gasteiger partial charge in [0.15, 0.2) is 0 Å². The Labute approximate surface area is 141 Å². The summed E-state index contributed by atoms with van der Waals surface area (Å²) in [4.78, 5) is 27.4. The van der Waals surface area contributed by atoms with Gasteiger partial charge in [-0.1, -0.05) is 23.7 Å². The van der Waals surface area contributed by atoms with Crippen LogP contribution >= 0.6 is 11.6 Å². The van der Waals surface area contributed by atoms with Gasteiger partial charge in [-0.3, -0.25) is 9.78 Å². The summed E-state index contributed by atoms with van der Waals surface area (Å²) >= 11 is 5.78. The lowest BCUT2D eigenvalue weighted by atomic mass is 10.2. The Kier molecular flexibility index (Phi) is 4.27. The number of sulfonamides is 1. The highest BCUT2D eigenvalue weighted by molar-refractivity contribution is 7.89. The molecule has 0 unspecified atom stereocenters. The highest BCUT2D eigenvalue weighted by atomic mass is 35.5. The van der Waals surface area contributed by atoms with Crippen molar-refractivity contribution in [2.24, 2.45) is 0 Å². The summed E-state index contributed by atoms with van der Waals surface area (Å²) in [5.41, 5.74) is -0.293. The monoisotopic (exact) mass is 365 g/mol. The van der Waals surface area contributed by atoms with E-state index >= 15 is 0 Å². The first kappa shape index (κ1) is 16.4. The lowest BCUT2D eigenvalue weighted by Crippen LogP contribution is -2.25. The fourth-order valence-electron chi connectivity index (χ4n) is 2.18. The zero-order chi connectivity index (χ0) is 17.3. The van der Waals surface area contributed by atoms with Crippen LogP contribution in [0.4, 0.5) is 0 Å². The first-order chi connectivity index (χ1) is 11.3. The van der Waals surface area contributed by atoms with Gasteiger partial charge in [-0.25, -0.2) is 17.9 Å². The van der Waals surface area contributed by atoms with Crippen LogP contribution in [0.5, 0.6) is 0 Å². The molecule has 0 amide bonds. The second-order valence-corrected chi connectivity index (χ2v) is 7.27. The maximum absolute atomic E-state index is 12.4. The van der Waals surface area contributed by atoms with Crippen LogP contribution in [-0.4, -0.2) is 18.4 Å². The molecule has 3 aromatic rings. The van der Waals surface area contributed by atoms with Crippen LogP contribution in [0.3, 0.4) is 0 Å². The quantitative estimate of drug-likeness (QED) is 0.647. The number of aromatic amines is 2. The summed E-state index contributed by atoms with van der Waals surface area (Å²) in [6, 6.07) is 10.7. The van der Waals surface area contributed by atoms with E-state index in [2.05, 4.69) is 14.7 Å². The van der Waals surface area contributed by atoms with E-state index in [0.29, 0.717) is 5.02 Å². The van der Waals surface area contributed by atoms with E-state index in [1.54, 1.807) is 24.3 Å². The van der Waals surface area contributed by atoms with Gasteiger partial charge in [0.2, 0.25) is 10.0 Å². The Balaban J connectivity index is 1.91. The third-order valence-electron chi connectivity index (χ3n) is 3.40. The molecule has 3 rings (SSSR count). The molecule has 0 aliphatic heterocycles. The lowest BCUT2D eigenvalue weighted by molar-refractivity contribution is 0.581. The van der Waals surface area contributed by atoms with Crippen molar-refractivity contribution in [3.8, 4) is 0 Å². The second-order valence-electron chi connectivity index (χ2n) is 5.07. The Morgan fingerprint density at radius 1 is 1.00 bits per heavy atom. The molecule has 7 nitrogen and oxygen atoms in total. The van der Waals surface area contributed by atoms with Crippen molar-refractivity contribution in [2.75, 3.05) is 0 Å². The fraction of sp³-hybridized carbons (Fsp3) is 0.0667. The maximum atomic E-state index is 12.4. The highest BCUT2D eigenvalue weighted by Crippen LogP contribution is 2.15. The number of nitrogens with one attached hydrogen (secondary N) is 3. The van der Waals surface area contributed by atoms with Crippen molar-refractivity contribution in [1.82, 2.24) is 14.7 Å². The molecule has 0 fully saturated rings. The minimum Gasteiger partial charge on any atom is -0.307 e. The number of fused-ring (bicyclic) bond motifs is 1. The summed E-state index contributed by atoms with van der Waals surface area (Å²) in [5.74, 6) is 0. The molecule has 1 heterocycles. The SMILES string of the molecule is O=c1[nH]c(=O)c2cc(S(=O)(=O)NCc3ccc(Cl)cc3)ccc2[nH]1. The van der Waals surface area contributed by atoms with Crippen molar-refractivity contribution in [2.45, 2.75) is 11.4 Å². The number of halogens is 1. The molecule has 1 aromatic heterocycles. The minimum absolute atomic E-state index is 0.0680. The molecule has 0 atom stereocenters. The topological polar surface area (TPSA) is 112 Å². The standard InChI is InChI=1S/C15H12ClN3O4S/c16-10-3-1-9(2-4-10)8-17-24(22,23)11-5-6-13-12(7-11)14(20)19-15(21)18-13/h1-7,17H,8H2,(H2,18,19,20,21). The average molecular weight is 366 g/mol. The van der Waals surface area contributed by atoms with E-state index in [9.17, 15) is 18.0 Å². The van der Waals surface area contributed by atoms with E-state index < -0.39 is 21.3 Å². The summed E-state index contributed by atoms with van der Waals surface area (Å²) in [6.45, 7) is 0.0829. The first-order valence-electron chi connectivity index (χ1n) is 6.86. The number of hydrogen-bond acceptors (Lipinski definition) is 4. The molecular formula is C15H12ClN3O4S. The normalized spacial score (nSPS) is 11.7. The minimum atomic E-state index is -3.81. The Bertz CT molecular complexity index is 1120. The molecular weight excluding hydrogens is 354 g/mol. The van der Waals surface area contributed by atoms with E-state index in [-0.39, 0.29) is 22.3 Å². The van der Waals surface area contributed by atoms with Crippen molar-refractivity contribution in [3.63, 3.8) is 0 Å². The van der Waals surface area contributed by atoms with Crippen molar-refractivity contribution in [3.05, 3.63) is 73.9 Å². The summed E-state index contributed by atoms with van der Waals surface area (Å²) in [7, 11) is -3.81. The zero-order valence-electron chi connectivity index (χ0n) is 12.2. The maximum Gasteiger partial charge on any atom is 0.326 e. The van der Waals surface area contributed by atoms with Crippen LogP contribution in [0.25, 0.3) is 10.9 Å². The second kappa shape index (κ2) is 6.23. The molecule has 0 saturated heterocycles. The number of aromatic nitrogens is 2. The fourth-order valence-corrected chi connectivity index (χ4v) is 3.34. The predicted molar refractivity (Wildman–Crippen MR) is 90.7 cm³/mol. The van der Waals surface area contributed by atoms with Crippen LogP contribution in [-0.2, 0) is 16.6 Å². The molecule has 0 spiro atoms. The van der Waals surface area contributed by atoms with Crippen molar-refractivity contribution < 1.29 is 8.42 Å². The van der Waals surface area contributed by atoms with E-state index in [1.165, 1.54) is 18.2 Å². The van der Waals surface area contributed by atoms with Crippen LogP contribution in [0.15, 0.2) is 56.9 Å². The average Bonchev–Trinajstić information content (AvgIpc) is 2.54. The zero-order valence-corrected chi connectivity index (χ0v) is 13.7. The van der Waals surface area contributed by atoms with Gasteiger partial charge in [-0.15, -0.1) is 0 Å². The van der Waals surface area contributed by atoms with Gasteiger partial charge in [-0.2, -0.15) is 0 Å². The molecule has 0 aliphatic rings. The highest BCUT2D eigenvalue weighted by Gasteiger charge is 2.15. The van der Waals surface area contributed by atoms with Crippen LogP contribution in [0.1, 0.15) is 5.56 Å². The number of rotatable bonds is 4. The smallest absolute Gasteiger partial charge is 0.307 e. The lowest BCUT2D eigenvalue weighted by Gasteiger charge is -2.08. The summed E-state index contributed by atoms with van der Waals surface area (Å²) < 4.78 is 27.2. The number of benzene rings is 2. The molecule has 0 bridgehead atoms. The van der Waals surface area contributed by atoms with Gasteiger partial charge in [-0.05, 0) is 35.9 Å². The molecule has 2 aromatic carbocycles. The molecule has 0 saturated carbocycles. The third kappa shape index (κ3) is 3.40. The molecule has 124 valence electrons. The van der Waals surface area contributed by atoms with Crippen molar-refractivity contribution in [1.29, 1.82) is 0 Å². The number of H-pyrrole nitrogens is 2. The Morgan fingerprint density at radius 3 is 2.42 bits per heavy atom. The van der Waals surface area contributed by atoms with Gasteiger partial charge in [0.25, 0.3) is 5.56 Å². The molecule has 24 heavy (non-hydrogen) atoms. The predicted octanol–water partition coefficient (Wildman–Crippen LogP) is 1.35. The molecule has 0 aliphatic carbocycles. The summed E-state index contributed by atoms with van der Waals surface area (Å²) in [6.07, 6.45) is 0. The molecule has 0 radical (unpaired) electrons. The van der Waals surface area contributed by atoms with Gasteiger partial charge in [0, 0.05) is 11.6 Å². The molecule has 3 N–H and O–H groups in total. The van der Waals surface area contributed by atoms with E-state index in [4.69, 9.17) is 11.6 Å². The third-order valence-corrected chi connectivity index (χ3v) is 5.05. The van der Waals surface area contributed by atoms with E-state index in [1.807, 2.05) is 0 Å². The van der Waals surface area contributed by atoms with Gasteiger partial charge < -0.3 is 4.98 Å². The van der Waals surface area contributed by atoms with E-state index in [0.717, 1.165) is 5.56 Å². The number of hydrogen-bond donors (Lipinski definition) is 3. The van der Waals surface area contributed by atoms with Gasteiger partial charge in [0.05, 0.1) is 15.8 Å². The van der Waals surface area contributed by atoms with Crippen LogP contribution < -0.4 is 16.0 Å².